The first-order valence-electron chi connectivity index (χ1n) is 7.54. The maximum Gasteiger partial charge on any atom is 0.305 e. The van der Waals surface area contributed by atoms with Gasteiger partial charge in [-0.05, 0) is 29.3 Å². The standard InChI is InChI=1S/C19H14N2O2S/c22-19-21-16-8-6-14(10-17(16)24-19)15-7-9-18(20-11-15)23-12-13-4-2-1-3-5-13/h1-11H,12H2,(H,21,22). The molecule has 0 aliphatic carbocycles. The Hall–Kier alpha value is -2.92. The van der Waals surface area contributed by atoms with Gasteiger partial charge < -0.3 is 9.72 Å². The normalized spacial score (nSPS) is 10.8. The van der Waals surface area contributed by atoms with Crippen LogP contribution in [-0.4, -0.2) is 9.97 Å². The molecule has 4 aromatic rings. The molecular formula is C19H14N2O2S. The lowest BCUT2D eigenvalue weighted by Crippen LogP contribution is -1.96. The summed E-state index contributed by atoms with van der Waals surface area (Å²) in [4.78, 5) is 18.5. The van der Waals surface area contributed by atoms with E-state index in [9.17, 15) is 4.79 Å². The summed E-state index contributed by atoms with van der Waals surface area (Å²) in [5.74, 6) is 0.593. The number of H-pyrrole nitrogens is 1. The van der Waals surface area contributed by atoms with Crippen molar-refractivity contribution in [1.82, 2.24) is 9.97 Å². The number of aromatic amines is 1. The predicted octanol–water partition coefficient (Wildman–Crippen LogP) is 4.23. The molecule has 0 amide bonds. The average molecular weight is 334 g/mol. The molecule has 4 nitrogen and oxygen atoms in total. The molecule has 2 aromatic carbocycles. The van der Waals surface area contributed by atoms with Crippen molar-refractivity contribution in [2.24, 2.45) is 0 Å². The highest BCUT2D eigenvalue weighted by atomic mass is 32.1. The van der Waals surface area contributed by atoms with E-state index in [1.807, 2.05) is 60.7 Å². The quantitative estimate of drug-likeness (QED) is 0.607. The molecule has 0 spiro atoms. The Balaban J connectivity index is 1.53. The first-order valence-corrected chi connectivity index (χ1v) is 8.36. The fourth-order valence-electron chi connectivity index (χ4n) is 2.49. The number of aromatic nitrogens is 2. The maximum atomic E-state index is 11.4. The van der Waals surface area contributed by atoms with Crippen molar-refractivity contribution in [2.45, 2.75) is 6.61 Å². The van der Waals surface area contributed by atoms with Gasteiger partial charge in [0.15, 0.2) is 0 Å². The first-order chi connectivity index (χ1) is 11.8. The van der Waals surface area contributed by atoms with E-state index in [0.29, 0.717) is 12.5 Å². The minimum atomic E-state index is -0.0371. The minimum Gasteiger partial charge on any atom is -0.473 e. The molecule has 0 aliphatic heterocycles. The lowest BCUT2D eigenvalue weighted by Gasteiger charge is -2.06. The summed E-state index contributed by atoms with van der Waals surface area (Å²) in [7, 11) is 0. The number of nitrogens with zero attached hydrogens (tertiary/aromatic N) is 1. The number of thiazole rings is 1. The van der Waals surface area contributed by atoms with E-state index >= 15 is 0 Å². The highest BCUT2D eigenvalue weighted by molar-refractivity contribution is 7.16. The second-order valence-corrected chi connectivity index (χ2v) is 6.40. The number of hydrogen-bond acceptors (Lipinski definition) is 4. The van der Waals surface area contributed by atoms with E-state index in [1.54, 1.807) is 6.20 Å². The van der Waals surface area contributed by atoms with Crippen LogP contribution in [0.4, 0.5) is 0 Å². The maximum absolute atomic E-state index is 11.4. The van der Waals surface area contributed by atoms with Crippen molar-refractivity contribution in [1.29, 1.82) is 0 Å². The van der Waals surface area contributed by atoms with Crippen LogP contribution in [0.1, 0.15) is 5.56 Å². The van der Waals surface area contributed by atoms with Crippen molar-refractivity contribution >= 4 is 21.6 Å². The molecular weight excluding hydrogens is 320 g/mol. The molecule has 0 atom stereocenters. The molecule has 4 rings (SSSR count). The van der Waals surface area contributed by atoms with E-state index in [2.05, 4.69) is 9.97 Å². The molecule has 2 heterocycles. The number of ether oxygens (including phenoxy) is 1. The van der Waals surface area contributed by atoms with Gasteiger partial charge in [-0.3, -0.25) is 4.79 Å². The molecule has 0 aliphatic rings. The third-order valence-corrected chi connectivity index (χ3v) is 4.57. The number of benzene rings is 2. The van der Waals surface area contributed by atoms with Crippen LogP contribution in [-0.2, 0) is 6.61 Å². The topological polar surface area (TPSA) is 55.0 Å². The number of pyridine rings is 1. The van der Waals surface area contributed by atoms with Crippen molar-refractivity contribution < 1.29 is 4.74 Å². The fourth-order valence-corrected chi connectivity index (χ4v) is 3.27. The van der Waals surface area contributed by atoms with Crippen LogP contribution < -0.4 is 9.61 Å². The SMILES string of the molecule is O=c1[nH]c2ccc(-c3ccc(OCc4ccccc4)nc3)cc2s1. The zero-order chi connectivity index (χ0) is 16.4. The summed E-state index contributed by atoms with van der Waals surface area (Å²) < 4.78 is 6.65. The van der Waals surface area contributed by atoms with E-state index in [1.165, 1.54) is 11.3 Å². The van der Waals surface area contributed by atoms with E-state index < -0.39 is 0 Å². The van der Waals surface area contributed by atoms with Crippen LogP contribution >= 0.6 is 11.3 Å². The van der Waals surface area contributed by atoms with Gasteiger partial charge in [-0.25, -0.2) is 4.98 Å². The Morgan fingerprint density at radius 2 is 1.83 bits per heavy atom. The molecule has 0 bridgehead atoms. The van der Waals surface area contributed by atoms with E-state index in [4.69, 9.17) is 4.74 Å². The van der Waals surface area contributed by atoms with Crippen LogP contribution in [0.15, 0.2) is 71.7 Å². The summed E-state index contributed by atoms with van der Waals surface area (Å²) in [6, 6.07) is 19.7. The van der Waals surface area contributed by atoms with Gasteiger partial charge in [0.1, 0.15) is 6.61 Å². The van der Waals surface area contributed by atoms with Gasteiger partial charge in [-0.2, -0.15) is 0 Å². The number of rotatable bonds is 4. The highest BCUT2D eigenvalue weighted by Gasteiger charge is 2.04. The summed E-state index contributed by atoms with van der Waals surface area (Å²) in [5, 5.41) is 0. The second kappa shape index (κ2) is 6.29. The molecule has 24 heavy (non-hydrogen) atoms. The number of nitrogens with one attached hydrogen (secondary N) is 1. The van der Waals surface area contributed by atoms with Crippen LogP contribution in [0.5, 0.6) is 5.88 Å². The van der Waals surface area contributed by atoms with Crippen molar-refractivity contribution in [2.75, 3.05) is 0 Å². The van der Waals surface area contributed by atoms with Gasteiger partial charge in [0.2, 0.25) is 5.88 Å². The fraction of sp³-hybridized carbons (Fsp3) is 0.0526. The molecule has 5 heteroatoms. The Morgan fingerprint density at radius 3 is 2.62 bits per heavy atom. The lowest BCUT2D eigenvalue weighted by molar-refractivity contribution is 0.294. The first kappa shape index (κ1) is 14.7. The highest BCUT2D eigenvalue weighted by Crippen LogP contribution is 2.25. The summed E-state index contributed by atoms with van der Waals surface area (Å²) in [5.41, 5.74) is 3.99. The molecule has 1 N–H and O–H groups in total. The average Bonchev–Trinajstić information content (AvgIpc) is 3.00. The van der Waals surface area contributed by atoms with Gasteiger partial charge in [0, 0.05) is 17.8 Å². The molecule has 2 aromatic heterocycles. The van der Waals surface area contributed by atoms with E-state index in [-0.39, 0.29) is 4.87 Å². The molecule has 0 saturated heterocycles. The zero-order valence-electron chi connectivity index (χ0n) is 12.7. The Kier molecular flexibility index (Phi) is 3.84. The third-order valence-electron chi connectivity index (χ3n) is 3.72. The molecule has 0 radical (unpaired) electrons. The molecule has 0 saturated carbocycles. The molecule has 0 unspecified atom stereocenters. The van der Waals surface area contributed by atoms with Crippen LogP contribution in [0, 0.1) is 0 Å². The van der Waals surface area contributed by atoms with Gasteiger partial charge >= 0.3 is 4.87 Å². The van der Waals surface area contributed by atoms with Crippen molar-refractivity contribution in [3.63, 3.8) is 0 Å². The van der Waals surface area contributed by atoms with Crippen molar-refractivity contribution in [3.8, 4) is 17.0 Å². The van der Waals surface area contributed by atoms with Gasteiger partial charge in [-0.15, -0.1) is 0 Å². The Bertz CT molecular complexity index is 1020. The summed E-state index contributed by atoms with van der Waals surface area (Å²) in [6.45, 7) is 0.496. The third kappa shape index (κ3) is 3.07. The van der Waals surface area contributed by atoms with Crippen molar-refractivity contribution in [3.05, 3.63) is 82.1 Å². The smallest absolute Gasteiger partial charge is 0.305 e. The van der Waals surface area contributed by atoms with Crippen LogP contribution in [0.3, 0.4) is 0 Å². The number of fused-ring (bicyclic) bond motifs is 1. The van der Waals surface area contributed by atoms with Gasteiger partial charge in [0.05, 0.1) is 10.2 Å². The summed E-state index contributed by atoms with van der Waals surface area (Å²) >= 11 is 1.21. The monoisotopic (exact) mass is 334 g/mol. The zero-order valence-corrected chi connectivity index (χ0v) is 13.5. The lowest BCUT2D eigenvalue weighted by atomic mass is 10.1. The second-order valence-electron chi connectivity index (χ2n) is 5.38. The largest absolute Gasteiger partial charge is 0.473 e. The Labute approximate surface area is 142 Å². The summed E-state index contributed by atoms with van der Waals surface area (Å²) in [6.07, 6.45) is 1.79. The van der Waals surface area contributed by atoms with Gasteiger partial charge in [0.25, 0.3) is 0 Å². The predicted molar refractivity (Wildman–Crippen MR) is 96.5 cm³/mol. The van der Waals surface area contributed by atoms with Gasteiger partial charge in [-0.1, -0.05) is 47.7 Å². The van der Waals surface area contributed by atoms with E-state index in [0.717, 1.165) is 26.9 Å². The van der Waals surface area contributed by atoms with Crippen LogP contribution in [0.25, 0.3) is 21.3 Å². The molecule has 118 valence electrons. The van der Waals surface area contributed by atoms with Crippen LogP contribution in [0.2, 0.25) is 0 Å². The minimum absolute atomic E-state index is 0.0371. The number of hydrogen-bond donors (Lipinski definition) is 1. The Morgan fingerprint density at radius 1 is 1.00 bits per heavy atom. The molecule has 0 fully saturated rings.